The van der Waals surface area contributed by atoms with Crippen LogP contribution in [0, 0.1) is 10.1 Å². The van der Waals surface area contributed by atoms with Gasteiger partial charge in [-0.1, -0.05) is 0 Å². The number of nitro groups is 1. The van der Waals surface area contributed by atoms with Gasteiger partial charge in [0.1, 0.15) is 5.52 Å². The van der Waals surface area contributed by atoms with E-state index in [1.807, 2.05) is 0 Å². The lowest BCUT2D eigenvalue weighted by atomic mass is 10.3. The molecule has 1 heterocycles. The fourth-order valence-corrected chi connectivity index (χ4v) is 2.23. The Hall–Kier alpha value is -2.16. The molecule has 90 valence electrons. The Kier molecular flexibility index (Phi) is 2.28. The lowest BCUT2D eigenvalue weighted by molar-refractivity contribution is -0.384. The summed E-state index contributed by atoms with van der Waals surface area (Å²) in [6.45, 7) is 0. The Balaban J connectivity index is 2.87. The van der Waals surface area contributed by atoms with Gasteiger partial charge in [-0.2, -0.15) is 3.97 Å². The Morgan fingerprint density at radius 2 is 2.06 bits per heavy atom. The maximum atomic E-state index is 11.3. The highest BCUT2D eigenvalue weighted by atomic mass is 32.2. The maximum Gasteiger partial charge on any atom is 0.434 e. The maximum absolute atomic E-state index is 11.3. The van der Waals surface area contributed by atoms with Crippen molar-refractivity contribution in [2.24, 2.45) is 0 Å². The molecule has 8 nitrogen and oxygen atoms in total. The predicted molar refractivity (Wildman–Crippen MR) is 57.4 cm³/mol. The minimum absolute atomic E-state index is 0.0249. The molecule has 0 unspecified atom stereocenters. The number of oxazole rings is 1. The van der Waals surface area contributed by atoms with Crippen LogP contribution in [0.3, 0.4) is 0 Å². The molecule has 0 radical (unpaired) electrons. The summed E-state index contributed by atoms with van der Waals surface area (Å²) in [5.74, 6) is -1.09. The van der Waals surface area contributed by atoms with Gasteiger partial charge in [0, 0.05) is 6.07 Å². The Bertz CT molecular complexity index is 769. The average Bonchev–Trinajstić information content (AvgIpc) is 2.51. The second-order valence-corrected chi connectivity index (χ2v) is 5.14. The van der Waals surface area contributed by atoms with Gasteiger partial charge in [0.05, 0.1) is 17.2 Å². The predicted octanol–water partition coefficient (Wildman–Crippen LogP) is 0.310. The van der Waals surface area contributed by atoms with Gasteiger partial charge in [0.15, 0.2) is 5.58 Å². The number of hydrogen-bond donors (Lipinski definition) is 0. The quantitative estimate of drug-likeness (QED) is 0.566. The van der Waals surface area contributed by atoms with E-state index in [0.29, 0.717) is 3.97 Å². The molecule has 0 saturated heterocycles. The number of non-ortho nitro benzene ring substituents is 1. The van der Waals surface area contributed by atoms with Gasteiger partial charge in [-0.15, -0.1) is 0 Å². The van der Waals surface area contributed by atoms with E-state index in [-0.39, 0.29) is 16.8 Å². The van der Waals surface area contributed by atoms with E-state index in [4.69, 9.17) is 0 Å². The molecule has 0 bridgehead atoms. The molecule has 0 saturated carbocycles. The Morgan fingerprint density at radius 3 is 2.59 bits per heavy atom. The van der Waals surface area contributed by atoms with Gasteiger partial charge in [-0.05, 0) is 6.07 Å². The third-order valence-corrected chi connectivity index (χ3v) is 3.08. The number of nitro benzene ring substituents is 1. The molecule has 0 spiro atoms. The molecule has 0 amide bonds. The number of fused-ring (bicyclic) bond motifs is 1. The molecule has 0 N–H and O–H groups in total. The molecule has 2 aromatic rings. The van der Waals surface area contributed by atoms with Crippen LogP contribution in [0.4, 0.5) is 5.69 Å². The number of nitrogens with zero attached hydrogens (tertiary/aromatic N) is 2. The van der Waals surface area contributed by atoms with Crippen molar-refractivity contribution in [3.8, 4) is 0 Å². The molecule has 0 atom stereocenters. The second-order valence-electron chi connectivity index (χ2n) is 3.30. The number of aromatic nitrogens is 1. The van der Waals surface area contributed by atoms with E-state index in [0.717, 1.165) is 24.5 Å². The third kappa shape index (κ3) is 1.80. The lowest BCUT2D eigenvalue weighted by Crippen LogP contribution is -2.21. The highest BCUT2D eigenvalue weighted by Gasteiger charge is 2.19. The topological polar surface area (TPSA) is 112 Å². The molecule has 1 aromatic heterocycles. The molecule has 1 aromatic carbocycles. The van der Waals surface area contributed by atoms with Crippen molar-refractivity contribution in [1.29, 1.82) is 0 Å². The summed E-state index contributed by atoms with van der Waals surface area (Å²) in [5.41, 5.74) is -0.454. The van der Waals surface area contributed by atoms with E-state index >= 15 is 0 Å². The van der Waals surface area contributed by atoms with Crippen molar-refractivity contribution < 1.29 is 17.8 Å². The average molecular weight is 258 g/mol. The zero-order valence-corrected chi connectivity index (χ0v) is 9.30. The van der Waals surface area contributed by atoms with Crippen LogP contribution >= 0.6 is 0 Å². The largest absolute Gasteiger partial charge is 0.434 e. The van der Waals surface area contributed by atoms with Crippen molar-refractivity contribution in [1.82, 2.24) is 3.97 Å². The van der Waals surface area contributed by atoms with Gasteiger partial charge in [-0.3, -0.25) is 10.1 Å². The number of hydrogen-bond acceptors (Lipinski definition) is 6. The van der Waals surface area contributed by atoms with Gasteiger partial charge in [-0.25, -0.2) is 13.2 Å². The first-order valence-corrected chi connectivity index (χ1v) is 6.16. The van der Waals surface area contributed by atoms with Crippen LogP contribution in [0.2, 0.25) is 0 Å². The van der Waals surface area contributed by atoms with Gasteiger partial charge in [0.2, 0.25) is 10.0 Å². The molecule has 0 aliphatic carbocycles. The molecule has 2 rings (SSSR count). The minimum atomic E-state index is -3.81. The van der Waals surface area contributed by atoms with Gasteiger partial charge >= 0.3 is 5.76 Å². The normalized spacial score (nSPS) is 11.8. The fraction of sp³-hybridized carbons (Fsp3) is 0.125. The summed E-state index contributed by atoms with van der Waals surface area (Å²) in [7, 11) is -3.81. The summed E-state index contributed by atoms with van der Waals surface area (Å²) in [6.07, 6.45) is 0.838. The van der Waals surface area contributed by atoms with Gasteiger partial charge < -0.3 is 4.42 Å². The first kappa shape index (κ1) is 11.3. The van der Waals surface area contributed by atoms with Crippen LogP contribution in [-0.2, 0) is 10.0 Å². The second kappa shape index (κ2) is 3.42. The first-order valence-electron chi connectivity index (χ1n) is 4.31. The molecule has 0 aliphatic rings. The lowest BCUT2D eigenvalue weighted by Gasteiger charge is -1.96. The standard InChI is InChI=1S/C8H6N2O6S/c1-17(14,15)9-6-3-2-5(10(12)13)4-7(6)16-8(9)11/h2-4H,1H3. The minimum Gasteiger partial charge on any atom is -0.407 e. The van der Waals surface area contributed by atoms with E-state index in [9.17, 15) is 23.3 Å². The zero-order chi connectivity index (χ0) is 12.8. The molecular formula is C8H6N2O6S. The summed E-state index contributed by atoms with van der Waals surface area (Å²) in [5, 5.41) is 10.5. The van der Waals surface area contributed by atoms with Crippen molar-refractivity contribution in [3.05, 3.63) is 38.9 Å². The van der Waals surface area contributed by atoms with E-state index in [2.05, 4.69) is 4.42 Å². The highest BCUT2D eigenvalue weighted by molar-refractivity contribution is 7.89. The zero-order valence-electron chi connectivity index (χ0n) is 8.48. The van der Waals surface area contributed by atoms with Crippen molar-refractivity contribution in [2.45, 2.75) is 0 Å². The van der Waals surface area contributed by atoms with Crippen molar-refractivity contribution in [3.63, 3.8) is 0 Å². The number of benzene rings is 1. The summed E-state index contributed by atoms with van der Waals surface area (Å²) >= 11 is 0. The number of rotatable bonds is 2. The van der Waals surface area contributed by atoms with E-state index in [1.54, 1.807) is 0 Å². The Labute approximate surface area is 94.3 Å². The summed E-state index contributed by atoms with van der Waals surface area (Å²) in [4.78, 5) is 21.1. The molecule has 0 aliphatic heterocycles. The van der Waals surface area contributed by atoms with Crippen LogP contribution in [0.15, 0.2) is 27.4 Å². The first-order chi connectivity index (χ1) is 7.80. The van der Waals surface area contributed by atoms with E-state index < -0.39 is 20.7 Å². The monoisotopic (exact) mass is 258 g/mol. The molecule has 17 heavy (non-hydrogen) atoms. The third-order valence-electron chi connectivity index (χ3n) is 2.07. The van der Waals surface area contributed by atoms with Gasteiger partial charge in [0.25, 0.3) is 5.69 Å². The molecular weight excluding hydrogens is 252 g/mol. The smallest absolute Gasteiger partial charge is 0.407 e. The van der Waals surface area contributed by atoms with Crippen LogP contribution < -0.4 is 5.76 Å². The van der Waals surface area contributed by atoms with E-state index in [1.165, 1.54) is 0 Å². The molecule has 0 fully saturated rings. The molecule has 9 heteroatoms. The highest BCUT2D eigenvalue weighted by Crippen LogP contribution is 2.20. The summed E-state index contributed by atoms with van der Waals surface area (Å²) < 4.78 is 27.7. The Morgan fingerprint density at radius 1 is 1.41 bits per heavy atom. The fourth-order valence-electron chi connectivity index (χ4n) is 1.41. The van der Waals surface area contributed by atoms with Crippen molar-refractivity contribution in [2.75, 3.05) is 6.26 Å². The van der Waals surface area contributed by atoms with Crippen molar-refractivity contribution >= 4 is 26.8 Å². The van der Waals surface area contributed by atoms with Crippen LogP contribution in [-0.4, -0.2) is 23.6 Å². The SMILES string of the molecule is CS(=O)(=O)n1c(=O)oc2cc([N+](=O)[O-])ccc21. The van der Waals surface area contributed by atoms with Crippen LogP contribution in [0.25, 0.3) is 11.1 Å². The van der Waals surface area contributed by atoms with Crippen LogP contribution in [0.5, 0.6) is 0 Å². The summed E-state index contributed by atoms with van der Waals surface area (Å²) in [6, 6.07) is 3.25. The van der Waals surface area contributed by atoms with Crippen LogP contribution in [0.1, 0.15) is 0 Å².